The summed E-state index contributed by atoms with van der Waals surface area (Å²) in [4.78, 5) is 5.75. The molecule has 2 aliphatic heterocycles. The van der Waals surface area contributed by atoms with Crippen LogP contribution in [0.2, 0.25) is 0 Å². The number of hydrogen-bond donors (Lipinski definition) is 1. The van der Waals surface area contributed by atoms with Crippen LogP contribution in [0, 0.1) is 5.92 Å². The molecular weight excluding hydrogens is 410 g/mol. The third-order valence-corrected chi connectivity index (χ3v) is 8.51. The first-order valence-electron chi connectivity index (χ1n) is 11.4. The van der Waals surface area contributed by atoms with Gasteiger partial charge < -0.3 is 9.88 Å². The van der Waals surface area contributed by atoms with E-state index >= 15 is 0 Å². The van der Waals surface area contributed by atoms with Gasteiger partial charge in [-0.1, -0.05) is 32.0 Å². The van der Waals surface area contributed by atoms with Crippen LogP contribution in [0.25, 0.3) is 10.9 Å². The van der Waals surface area contributed by atoms with Crippen LogP contribution in [-0.2, 0) is 16.4 Å². The molecule has 1 atom stereocenters. The highest BCUT2D eigenvalue weighted by atomic mass is 32.2. The van der Waals surface area contributed by atoms with Crippen molar-refractivity contribution in [3.8, 4) is 0 Å². The smallest absolute Gasteiger partial charge is 0.227 e. The van der Waals surface area contributed by atoms with Crippen LogP contribution < -0.4 is 4.90 Å². The number of sulfone groups is 1. The topological polar surface area (TPSA) is 83.9 Å². The third-order valence-electron chi connectivity index (χ3n) is 6.74. The lowest BCUT2D eigenvalue weighted by Crippen LogP contribution is -2.35. The number of benzene rings is 1. The average Bonchev–Trinajstić information content (AvgIpc) is 3.44. The maximum absolute atomic E-state index is 12.0. The second kappa shape index (κ2) is 7.97. The molecule has 5 rings (SSSR count). The first-order chi connectivity index (χ1) is 14.9. The molecular formula is C23H31N5O2S. The quantitative estimate of drug-likeness (QED) is 0.653. The Hall–Kier alpha value is -2.35. The zero-order chi connectivity index (χ0) is 21.6. The van der Waals surface area contributed by atoms with Crippen molar-refractivity contribution in [2.75, 3.05) is 29.5 Å². The van der Waals surface area contributed by atoms with Crippen LogP contribution >= 0.6 is 0 Å². The van der Waals surface area contributed by atoms with E-state index < -0.39 is 9.84 Å². The Labute approximate surface area is 183 Å². The van der Waals surface area contributed by atoms with E-state index in [4.69, 9.17) is 0 Å². The van der Waals surface area contributed by atoms with Crippen LogP contribution in [-0.4, -0.2) is 52.8 Å². The summed E-state index contributed by atoms with van der Waals surface area (Å²) in [5.41, 5.74) is 2.61. The van der Waals surface area contributed by atoms with E-state index in [1.165, 1.54) is 16.5 Å². The highest BCUT2D eigenvalue weighted by Crippen LogP contribution is 2.35. The lowest BCUT2D eigenvalue weighted by Gasteiger charge is -2.33. The number of anilines is 1. The predicted octanol–water partition coefficient (Wildman–Crippen LogP) is 3.70. The number of hydrogen-bond acceptors (Lipinski definition) is 5. The molecule has 1 unspecified atom stereocenters. The molecule has 1 aromatic carbocycles. The van der Waals surface area contributed by atoms with Crippen molar-refractivity contribution < 1.29 is 8.42 Å². The zero-order valence-corrected chi connectivity index (χ0v) is 19.1. The maximum atomic E-state index is 12.0. The highest BCUT2D eigenvalue weighted by molar-refractivity contribution is 7.91. The number of nitrogens with one attached hydrogen (secondary N) is 1. The van der Waals surface area contributed by atoms with E-state index in [0.717, 1.165) is 44.2 Å². The van der Waals surface area contributed by atoms with Gasteiger partial charge in [0.05, 0.1) is 11.5 Å². The second-order valence-electron chi connectivity index (χ2n) is 9.51. The molecule has 0 saturated carbocycles. The number of piperidine rings is 1. The molecule has 166 valence electrons. The van der Waals surface area contributed by atoms with Crippen molar-refractivity contribution >= 4 is 26.7 Å². The van der Waals surface area contributed by atoms with Gasteiger partial charge >= 0.3 is 0 Å². The fourth-order valence-electron chi connectivity index (χ4n) is 5.20. The molecule has 0 radical (unpaired) electrons. The monoisotopic (exact) mass is 441 g/mol. The maximum Gasteiger partial charge on any atom is 0.227 e. The van der Waals surface area contributed by atoms with Crippen LogP contribution in [0.15, 0.2) is 30.5 Å². The van der Waals surface area contributed by atoms with Gasteiger partial charge in [-0.2, -0.15) is 0 Å². The number of para-hydroxylation sites is 1. The lowest BCUT2D eigenvalue weighted by atomic mass is 9.89. The number of aromatic nitrogens is 4. The molecule has 2 saturated heterocycles. The Balaban J connectivity index is 1.36. The first kappa shape index (κ1) is 20.5. The Kier molecular flexibility index (Phi) is 5.28. The fourth-order valence-corrected chi connectivity index (χ4v) is 6.94. The van der Waals surface area contributed by atoms with Gasteiger partial charge in [0.15, 0.2) is 9.84 Å². The molecule has 31 heavy (non-hydrogen) atoms. The lowest BCUT2D eigenvalue weighted by molar-refractivity contribution is 0.466. The molecule has 7 nitrogen and oxygen atoms in total. The van der Waals surface area contributed by atoms with E-state index in [0.29, 0.717) is 18.3 Å². The normalized spacial score (nSPS) is 22.0. The summed E-state index contributed by atoms with van der Waals surface area (Å²) in [5, 5.41) is 10.4. The largest absolute Gasteiger partial charge is 0.361 e. The fraction of sp³-hybridized carbons (Fsp3) is 0.565. The van der Waals surface area contributed by atoms with E-state index in [1.54, 1.807) is 0 Å². The van der Waals surface area contributed by atoms with E-state index in [1.807, 2.05) is 0 Å². The summed E-state index contributed by atoms with van der Waals surface area (Å²) in [7, 11) is -2.95. The molecule has 0 amide bonds. The van der Waals surface area contributed by atoms with Crippen molar-refractivity contribution in [1.82, 2.24) is 19.7 Å². The average molecular weight is 442 g/mol. The van der Waals surface area contributed by atoms with Gasteiger partial charge in [-0.3, -0.25) is 4.57 Å². The highest BCUT2D eigenvalue weighted by Gasteiger charge is 2.34. The van der Waals surface area contributed by atoms with Crippen molar-refractivity contribution in [3.63, 3.8) is 0 Å². The number of aromatic amines is 1. The Morgan fingerprint density at radius 2 is 1.87 bits per heavy atom. The van der Waals surface area contributed by atoms with Crippen LogP contribution in [0.4, 0.5) is 5.95 Å². The van der Waals surface area contributed by atoms with E-state index in [2.05, 4.69) is 69.0 Å². The Bertz CT molecular complexity index is 1170. The zero-order valence-electron chi connectivity index (χ0n) is 18.3. The molecule has 2 aromatic heterocycles. The van der Waals surface area contributed by atoms with Gasteiger partial charge in [0.2, 0.25) is 5.95 Å². The SMILES string of the molecule is CC(C)Cn1c(C2CCS(=O)(=O)C2)nnc1N1CCC(c2c[nH]c3ccccc23)CC1. The third kappa shape index (κ3) is 3.97. The van der Waals surface area contributed by atoms with Gasteiger partial charge in [-0.05, 0) is 42.7 Å². The van der Waals surface area contributed by atoms with Crippen LogP contribution in [0.1, 0.15) is 56.3 Å². The molecule has 0 bridgehead atoms. The number of rotatable bonds is 5. The summed E-state index contributed by atoms with van der Waals surface area (Å²) in [5.74, 6) is 3.16. The minimum absolute atomic E-state index is 0.0336. The predicted molar refractivity (Wildman–Crippen MR) is 123 cm³/mol. The number of H-pyrrole nitrogens is 1. The summed E-state index contributed by atoms with van der Waals surface area (Å²) in [6.45, 7) is 7.05. The molecule has 4 heterocycles. The first-order valence-corrected chi connectivity index (χ1v) is 13.2. The summed E-state index contributed by atoms with van der Waals surface area (Å²) < 4.78 is 26.3. The van der Waals surface area contributed by atoms with Crippen LogP contribution in [0.3, 0.4) is 0 Å². The van der Waals surface area contributed by atoms with Crippen molar-refractivity contribution in [2.24, 2.45) is 5.92 Å². The molecule has 3 aromatic rings. The Morgan fingerprint density at radius 3 is 2.58 bits per heavy atom. The summed E-state index contributed by atoms with van der Waals surface area (Å²) in [6.07, 6.45) is 4.97. The Morgan fingerprint density at radius 1 is 1.10 bits per heavy atom. The van der Waals surface area contributed by atoms with Gasteiger partial charge in [0, 0.05) is 42.7 Å². The molecule has 0 spiro atoms. The van der Waals surface area contributed by atoms with Crippen LogP contribution in [0.5, 0.6) is 0 Å². The molecule has 2 aliphatic rings. The summed E-state index contributed by atoms with van der Waals surface area (Å²) in [6, 6.07) is 8.51. The standard InChI is InChI=1S/C23H31N5O2S/c1-16(2)14-28-22(18-9-12-31(29,30)15-18)25-26-23(28)27-10-7-17(8-11-27)20-13-24-21-6-4-3-5-19(20)21/h3-6,13,16-18,24H,7-12,14-15H2,1-2H3. The van der Waals surface area contributed by atoms with E-state index in [9.17, 15) is 8.42 Å². The van der Waals surface area contributed by atoms with Crippen molar-refractivity contribution in [1.29, 1.82) is 0 Å². The van der Waals surface area contributed by atoms with Gasteiger partial charge in [-0.25, -0.2) is 8.42 Å². The second-order valence-corrected chi connectivity index (χ2v) is 11.7. The molecule has 2 fully saturated rings. The minimum Gasteiger partial charge on any atom is -0.361 e. The van der Waals surface area contributed by atoms with Gasteiger partial charge in [0.1, 0.15) is 5.82 Å². The van der Waals surface area contributed by atoms with Gasteiger partial charge in [0.25, 0.3) is 0 Å². The van der Waals surface area contributed by atoms with Crippen molar-refractivity contribution in [3.05, 3.63) is 41.9 Å². The number of nitrogens with zero attached hydrogens (tertiary/aromatic N) is 4. The van der Waals surface area contributed by atoms with E-state index in [-0.39, 0.29) is 17.4 Å². The summed E-state index contributed by atoms with van der Waals surface area (Å²) >= 11 is 0. The van der Waals surface area contributed by atoms with Crippen molar-refractivity contribution in [2.45, 2.75) is 51.5 Å². The van der Waals surface area contributed by atoms with Gasteiger partial charge in [-0.15, -0.1) is 10.2 Å². The minimum atomic E-state index is -2.95. The molecule has 8 heteroatoms. The number of fused-ring (bicyclic) bond motifs is 1. The molecule has 0 aliphatic carbocycles. The molecule has 1 N–H and O–H groups in total.